The van der Waals surface area contributed by atoms with E-state index in [0.29, 0.717) is 29.2 Å². The van der Waals surface area contributed by atoms with Gasteiger partial charge in [-0.15, -0.1) is 0 Å². The Balaban J connectivity index is 1.85. The maximum Gasteiger partial charge on any atom is 0.153 e. The van der Waals surface area contributed by atoms with Gasteiger partial charge >= 0.3 is 0 Å². The first kappa shape index (κ1) is 13.9. The third kappa shape index (κ3) is 2.46. The quantitative estimate of drug-likeness (QED) is 0.935. The van der Waals surface area contributed by atoms with Gasteiger partial charge in [0, 0.05) is 18.5 Å². The SMILES string of the molecule is CCCN1CCC(O)(c2cc3cccc(Cl)c3o2)CC1. The summed E-state index contributed by atoms with van der Waals surface area (Å²) in [5.41, 5.74) is -0.180. The van der Waals surface area contributed by atoms with E-state index in [9.17, 15) is 5.11 Å². The third-order valence-corrected chi connectivity index (χ3v) is 4.48. The molecule has 1 N–H and O–H groups in total. The molecule has 108 valence electrons. The van der Waals surface area contributed by atoms with Crippen molar-refractivity contribution in [2.24, 2.45) is 0 Å². The van der Waals surface area contributed by atoms with Crippen LogP contribution in [0.1, 0.15) is 31.9 Å². The van der Waals surface area contributed by atoms with Crippen molar-refractivity contribution in [2.45, 2.75) is 31.8 Å². The van der Waals surface area contributed by atoms with Crippen LogP contribution < -0.4 is 0 Å². The molecule has 1 aliphatic rings. The van der Waals surface area contributed by atoms with Gasteiger partial charge in [-0.3, -0.25) is 0 Å². The van der Waals surface area contributed by atoms with Crippen molar-refractivity contribution < 1.29 is 9.52 Å². The number of likely N-dealkylation sites (tertiary alicyclic amines) is 1. The number of furan rings is 1. The predicted molar refractivity (Wildman–Crippen MR) is 81.1 cm³/mol. The molecule has 4 heteroatoms. The van der Waals surface area contributed by atoms with Gasteiger partial charge in [0.1, 0.15) is 11.4 Å². The van der Waals surface area contributed by atoms with E-state index in [2.05, 4.69) is 11.8 Å². The fraction of sp³-hybridized carbons (Fsp3) is 0.500. The summed E-state index contributed by atoms with van der Waals surface area (Å²) in [7, 11) is 0. The summed E-state index contributed by atoms with van der Waals surface area (Å²) in [6.45, 7) is 5.11. The van der Waals surface area contributed by atoms with E-state index < -0.39 is 5.60 Å². The van der Waals surface area contributed by atoms with Crippen LogP contribution in [0.5, 0.6) is 0 Å². The number of nitrogens with zero attached hydrogens (tertiary/aromatic N) is 1. The Labute approximate surface area is 124 Å². The summed E-state index contributed by atoms with van der Waals surface area (Å²) in [5.74, 6) is 0.650. The van der Waals surface area contributed by atoms with E-state index in [1.54, 1.807) is 0 Å². The molecule has 20 heavy (non-hydrogen) atoms. The number of halogens is 1. The predicted octanol–water partition coefficient (Wildman–Crippen LogP) is 3.78. The smallest absolute Gasteiger partial charge is 0.153 e. The Morgan fingerprint density at radius 2 is 2.10 bits per heavy atom. The van der Waals surface area contributed by atoms with Gasteiger partial charge in [0.25, 0.3) is 0 Å². The van der Waals surface area contributed by atoms with Crippen LogP contribution in [0.15, 0.2) is 28.7 Å². The Hall–Kier alpha value is -1.03. The average molecular weight is 294 g/mol. The van der Waals surface area contributed by atoms with E-state index in [1.165, 1.54) is 0 Å². The maximum absolute atomic E-state index is 10.9. The molecule has 0 bridgehead atoms. The van der Waals surface area contributed by atoms with Crippen molar-refractivity contribution in [1.29, 1.82) is 0 Å². The molecular weight excluding hydrogens is 274 g/mol. The second-order valence-corrected chi connectivity index (χ2v) is 6.05. The zero-order valence-corrected chi connectivity index (χ0v) is 12.5. The molecule has 0 aliphatic carbocycles. The molecule has 0 radical (unpaired) electrons. The first-order chi connectivity index (χ1) is 9.62. The second-order valence-electron chi connectivity index (χ2n) is 5.64. The van der Waals surface area contributed by atoms with Crippen molar-refractivity contribution in [3.05, 3.63) is 35.0 Å². The molecule has 0 saturated carbocycles. The lowest BCUT2D eigenvalue weighted by Gasteiger charge is -2.36. The summed E-state index contributed by atoms with van der Waals surface area (Å²) in [6, 6.07) is 7.60. The fourth-order valence-corrected chi connectivity index (χ4v) is 3.19. The minimum absolute atomic E-state index is 0.598. The first-order valence-corrected chi connectivity index (χ1v) is 7.63. The number of rotatable bonds is 3. The molecule has 0 unspecified atom stereocenters. The molecular formula is C16H20ClNO2. The lowest BCUT2D eigenvalue weighted by atomic mass is 9.89. The van der Waals surface area contributed by atoms with E-state index in [-0.39, 0.29) is 0 Å². The van der Waals surface area contributed by atoms with Gasteiger partial charge in [0.2, 0.25) is 0 Å². The number of fused-ring (bicyclic) bond motifs is 1. The van der Waals surface area contributed by atoms with Gasteiger partial charge in [-0.25, -0.2) is 0 Å². The minimum Gasteiger partial charge on any atom is -0.456 e. The summed E-state index contributed by atoms with van der Waals surface area (Å²) >= 11 is 6.14. The zero-order valence-electron chi connectivity index (χ0n) is 11.7. The molecule has 2 heterocycles. The maximum atomic E-state index is 10.9. The highest BCUT2D eigenvalue weighted by atomic mass is 35.5. The highest BCUT2D eigenvalue weighted by Gasteiger charge is 2.36. The van der Waals surface area contributed by atoms with Crippen LogP contribution in [0.4, 0.5) is 0 Å². The lowest BCUT2D eigenvalue weighted by Crippen LogP contribution is -2.42. The average Bonchev–Trinajstić information content (AvgIpc) is 2.88. The van der Waals surface area contributed by atoms with Crippen LogP contribution in [-0.2, 0) is 5.60 Å². The van der Waals surface area contributed by atoms with Crippen molar-refractivity contribution in [3.8, 4) is 0 Å². The minimum atomic E-state index is -0.855. The number of hydrogen-bond acceptors (Lipinski definition) is 3. The molecule has 1 aromatic carbocycles. The van der Waals surface area contributed by atoms with E-state index in [4.69, 9.17) is 16.0 Å². The number of piperidine rings is 1. The first-order valence-electron chi connectivity index (χ1n) is 7.26. The van der Waals surface area contributed by atoms with Crippen LogP contribution in [0, 0.1) is 0 Å². The van der Waals surface area contributed by atoms with Gasteiger partial charge in [0.15, 0.2) is 5.58 Å². The largest absolute Gasteiger partial charge is 0.456 e. The Morgan fingerprint density at radius 3 is 2.75 bits per heavy atom. The molecule has 1 aliphatic heterocycles. The molecule has 0 amide bonds. The van der Waals surface area contributed by atoms with Crippen LogP contribution >= 0.6 is 11.6 Å². The van der Waals surface area contributed by atoms with Crippen molar-refractivity contribution in [3.63, 3.8) is 0 Å². The Bertz CT molecular complexity index is 600. The molecule has 1 aromatic heterocycles. The van der Waals surface area contributed by atoms with E-state index in [1.807, 2.05) is 24.3 Å². The van der Waals surface area contributed by atoms with Crippen LogP contribution in [0.2, 0.25) is 5.02 Å². The zero-order chi connectivity index (χ0) is 14.2. The summed E-state index contributed by atoms with van der Waals surface area (Å²) in [5, 5.41) is 12.4. The lowest BCUT2D eigenvalue weighted by molar-refractivity contribution is -0.0408. The number of hydrogen-bond donors (Lipinski definition) is 1. The van der Waals surface area contributed by atoms with E-state index in [0.717, 1.165) is 31.4 Å². The van der Waals surface area contributed by atoms with E-state index >= 15 is 0 Å². The van der Waals surface area contributed by atoms with Crippen molar-refractivity contribution in [2.75, 3.05) is 19.6 Å². The number of benzene rings is 1. The summed E-state index contributed by atoms with van der Waals surface area (Å²) in [6.07, 6.45) is 2.58. The third-order valence-electron chi connectivity index (χ3n) is 4.18. The van der Waals surface area contributed by atoms with Crippen molar-refractivity contribution >= 4 is 22.6 Å². The van der Waals surface area contributed by atoms with Crippen LogP contribution in [-0.4, -0.2) is 29.6 Å². The topological polar surface area (TPSA) is 36.6 Å². The van der Waals surface area contributed by atoms with Gasteiger partial charge in [0.05, 0.1) is 5.02 Å². The van der Waals surface area contributed by atoms with Crippen molar-refractivity contribution in [1.82, 2.24) is 4.90 Å². The summed E-state index contributed by atoms with van der Waals surface area (Å²) < 4.78 is 5.84. The standard InChI is InChI=1S/C16H20ClNO2/c1-2-8-18-9-6-16(19,7-10-18)14-11-12-4-3-5-13(17)15(12)20-14/h3-5,11,19H,2,6-10H2,1H3. The van der Waals surface area contributed by atoms with Gasteiger partial charge in [-0.2, -0.15) is 0 Å². The van der Waals surface area contributed by atoms with Gasteiger partial charge in [-0.1, -0.05) is 30.7 Å². The molecule has 2 aromatic rings. The molecule has 1 fully saturated rings. The van der Waals surface area contributed by atoms with Crippen LogP contribution in [0.3, 0.4) is 0 Å². The Morgan fingerprint density at radius 1 is 1.35 bits per heavy atom. The normalized spacial score (nSPS) is 19.6. The molecule has 1 saturated heterocycles. The van der Waals surface area contributed by atoms with Crippen LogP contribution in [0.25, 0.3) is 11.0 Å². The highest BCUT2D eigenvalue weighted by Crippen LogP contribution is 2.37. The molecule has 3 nitrogen and oxygen atoms in total. The second kappa shape index (κ2) is 5.40. The monoisotopic (exact) mass is 293 g/mol. The fourth-order valence-electron chi connectivity index (χ4n) is 2.97. The molecule has 3 rings (SSSR count). The van der Waals surface area contributed by atoms with Gasteiger partial charge < -0.3 is 14.4 Å². The Kier molecular flexibility index (Phi) is 3.76. The number of aliphatic hydroxyl groups is 1. The van der Waals surface area contributed by atoms with Gasteiger partial charge in [-0.05, 0) is 37.9 Å². The molecule has 0 spiro atoms. The molecule has 0 atom stereocenters. The number of para-hydroxylation sites is 1. The summed E-state index contributed by atoms with van der Waals surface area (Å²) in [4.78, 5) is 2.39. The highest BCUT2D eigenvalue weighted by molar-refractivity contribution is 6.34.